The van der Waals surface area contributed by atoms with E-state index in [0.717, 1.165) is 31.4 Å². The molecule has 0 heterocycles. The van der Waals surface area contributed by atoms with E-state index in [4.69, 9.17) is 9.47 Å². The van der Waals surface area contributed by atoms with Gasteiger partial charge in [0.05, 0.1) is 6.54 Å². The molecule has 7 nitrogen and oxygen atoms in total. The summed E-state index contributed by atoms with van der Waals surface area (Å²) in [7, 11) is 0. The van der Waals surface area contributed by atoms with Crippen LogP contribution in [0.3, 0.4) is 0 Å². The monoisotopic (exact) mass is 436 g/mol. The molecular formula is C24H40N2O5. The molecule has 2 amide bonds. The first-order valence-corrected chi connectivity index (χ1v) is 11.6. The fourth-order valence-electron chi connectivity index (χ4n) is 3.19. The van der Waals surface area contributed by atoms with E-state index in [9.17, 15) is 14.7 Å². The van der Waals surface area contributed by atoms with Crippen molar-refractivity contribution in [2.75, 3.05) is 32.8 Å². The first kappa shape index (κ1) is 26.8. The van der Waals surface area contributed by atoms with Crippen LogP contribution in [0.25, 0.3) is 0 Å². The van der Waals surface area contributed by atoms with Crippen molar-refractivity contribution in [3.05, 3.63) is 29.8 Å². The molecule has 1 aromatic carbocycles. The van der Waals surface area contributed by atoms with Crippen molar-refractivity contribution in [2.24, 2.45) is 0 Å². The van der Waals surface area contributed by atoms with Gasteiger partial charge in [0.15, 0.2) is 6.10 Å². The smallest absolute Gasteiger partial charge is 0.333 e. The number of aliphatic carboxylic acids is 1. The molecule has 1 aromatic rings. The van der Waals surface area contributed by atoms with Crippen LogP contribution in [0.2, 0.25) is 0 Å². The predicted molar refractivity (Wildman–Crippen MR) is 123 cm³/mol. The van der Waals surface area contributed by atoms with E-state index >= 15 is 0 Å². The molecule has 1 atom stereocenters. The lowest BCUT2D eigenvalue weighted by molar-refractivity contribution is -0.149. The highest BCUT2D eigenvalue weighted by molar-refractivity contribution is 5.74. The Morgan fingerprint density at radius 1 is 1.00 bits per heavy atom. The summed E-state index contributed by atoms with van der Waals surface area (Å²) in [4.78, 5) is 25.5. The Balaban J connectivity index is 2.51. The van der Waals surface area contributed by atoms with E-state index in [0.29, 0.717) is 38.5 Å². The van der Waals surface area contributed by atoms with Gasteiger partial charge >= 0.3 is 12.0 Å². The average molecular weight is 437 g/mol. The number of hydrogen-bond acceptors (Lipinski definition) is 4. The lowest BCUT2D eigenvalue weighted by Gasteiger charge is -2.23. The molecular weight excluding hydrogens is 396 g/mol. The number of unbranched alkanes of at least 4 members (excludes halogenated alkanes) is 4. The Hall–Kier alpha value is -2.28. The van der Waals surface area contributed by atoms with Crippen molar-refractivity contribution in [1.29, 1.82) is 0 Å². The van der Waals surface area contributed by atoms with Crippen LogP contribution in [0.5, 0.6) is 5.75 Å². The van der Waals surface area contributed by atoms with Crippen LogP contribution >= 0.6 is 0 Å². The fraction of sp³-hybridized carbons (Fsp3) is 0.667. The van der Waals surface area contributed by atoms with Gasteiger partial charge in [-0.1, -0.05) is 51.7 Å². The largest absolute Gasteiger partial charge is 0.492 e. The lowest BCUT2D eigenvalue weighted by atomic mass is 10.1. The number of carboxylic acids is 1. The number of urea groups is 1. The molecule has 0 aliphatic carbocycles. The Labute approximate surface area is 187 Å². The van der Waals surface area contributed by atoms with Crippen molar-refractivity contribution in [1.82, 2.24) is 10.2 Å². The topological polar surface area (TPSA) is 88.1 Å². The predicted octanol–water partition coefficient (Wildman–Crippen LogP) is 4.49. The van der Waals surface area contributed by atoms with Crippen molar-refractivity contribution in [2.45, 2.75) is 71.8 Å². The SMILES string of the molecule is CCCCCCCN(CCOc1ccc(CC(OCC)C(=O)O)cc1)C(=O)NCCC. The second kappa shape index (κ2) is 16.4. The first-order valence-electron chi connectivity index (χ1n) is 11.6. The molecule has 0 fully saturated rings. The summed E-state index contributed by atoms with van der Waals surface area (Å²) in [6.07, 6.45) is 6.15. The minimum absolute atomic E-state index is 0.0353. The molecule has 1 rings (SSSR count). The van der Waals surface area contributed by atoms with E-state index in [2.05, 4.69) is 12.2 Å². The van der Waals surface area contributed by atoms with Crippen molar-refractivity contribution in [3.63, 3.8) is 0 Å². The minimum atomic E-state index is -0.960. The standard InChI is InChI=1S/C24H40N2O5/c1-4-7-8-9-10-16-26(24(29)25-15-5-2)17-18-31-21-13-11-20(12-14-21)19-22(23(27)28)30-6-3/h11-14,22H,4-10,15-19H2,1-3H3,(H,25,29)(H,27,28). The summed E-state index contributed by atoms with van der Waals surface area (Å²) in [5, 5.41) is 12.2. The van der Waals surface area contributed by atoms with E-state index < -0.39 is 12.1 Å². The van der Waals surface area contributed by atoms with Crippen molar-refractivity contribution >= 4 is 12.0 Å². The fourth-order valence-corrected chi connectivity index (χ4v) is 3.19. The van der Waals surface area contributed by atoms with Gasteiger partial charge in [-0.15, -0.1) is 0 Å². The van der Waals surface area contributed by atoms with Gasteiger partial charge in [0.25, 0.3) is 0 Å². The summed E-state index contributed by atoms with van der Waals surface area (Å²) in [5.74, 6) is -0.262. The van der Waals surface area contributed by atoms with E-state index in [1.54, 1.807) is 6.92 Å². The molecule has 0 aromatic heterocycles. The quantitative estimate of drug-likeness (QED) is 0.351. The molecule has 176 valence electrons. The minimum Gasteiger partial charge on any atom is -0.492 e. The van der Waals surface area contributed by atoms with E-state index in [1.807, 2.05) is 36.1 Å². The van der Waals surface area contributed by atoms with Gasteiger partial charge in [-0.3, -0.25) is 0 Å². The van der Waals surface area contributed by atoms with E-state index in [1.165, 1.54) is 19.3 Å². The third-order valence-corrected chi connectivity index (χ3v) is 4.96. The molecule has 1 unspecified atom stereocenters. The van der Waals surface area contributed by atoms with Crippen LogP contribution in [-0.2, 0) is 16.0 Å². The van der Waals surface area contributed by atoms with Gasteiger partial charge in [0, 0.05) is 26.1 Å². The van der Waals surface area contributed by atoms with Gasteiger partial charge in [-0.25, -0.2) is 9.59 Å². The summed E-state index contributed by atoms with van der Waals surface area (Å²) in [6, 6.07) is 7.32. The maximum absolute atomic E-state index is 12.4. The molecule has 0 spiro atoms. The number of nitrogens with zero attached hydrogens (tertiary/aromatic N) is 1. The second-order valence-electron chi connectivity index (χ2n) is 7.61. The zero-order chi connectivity index (χ0) is 22.9. The van der Waals surface area contributed by atoms with Crippen LogP contribution in [0.1, 0.15) is 64.9 Å². The molecule has 7 heteroatoms. The Morgan fingerprint density at radius 3 is 2.32 bits per heavy atom. The molecule has 0 saturated heterocycles. The maximum atomic E-state index is 12.4. The highest BCUT2D eigenvalue weighted by Gasteiger charge is 2.18. The summed E-state index contributed by atoms with van der Waals surface area (Å²) >= 11 is 0. The van der Waals surface area contributed by atoms with Gasteiger partial charge in [-0.2, -0.15) is 0 Å². The Kier molecular flexibility index (Phi) is 14.2. The van der Waals surface area contributed by atoms with Gasteiger partial charge < -0.3 is 24.8 Å². The molecule has 0 aliphatic rings. The zero-order valence-electron chi connectivity index (χ0n) is 19.4. The number of nitrogens with one attached hydrogen (secondary N) is 1. The van der Waals surface area contributed by atoms with Crippen LogP contribution in [0.15, 0.2) is 24.3 Å². The number of carbonyl (C=O) groups is 2. The number of hydrogen-bond donors (Lipinski definition) is 2. The lowest BCUT2D eigenvalue weighted by Crippen LogP contribution is -2.42. The molecule has 31 heavy (non-hydrogen) atoms. The third kappa shape index (κ3) is 11.6. The molecule has 2 N–H and O–H groups in total. The third-order valence-electron chi connectivity index (χ3n) is 4.96. The normalized spacial score (nSPS) is 11.7. The Morgan fingerprint density at radius 2 is 1.71 bits per heavy atom. The molecule has 0 aliphatic heterocycles. The van der Waals surface area contributed by atoms with Crippen LogP contribution < -0.4 is 10.1 Å². The molecule has 0 saturated carbocycles. The number of benzene rings is 1. The van der Waals surface area contributed by atoms with Crippen molar-refractivity contribution < 1.29 is 24.2 Å². The van der Waals surface area contributed by atoms with Gasteiger partial charge in [0.2, 0.25) is 0 Å². The summed E-state index contributed by atoms with van der Waals surface area (Å²) in [5.41, 5.74) is 0.876. The first-order chi connectivity index (χ1) is 15.0. The van der Waals surface area contributed by atoms with Crippen molar-refractivity contribution in [3.8, 4) is 5.75 Å². The Bertz CT molecular complexity index is 621. The number of carboxylic acid groups (broad SMARTS) is 1. The van der Waals surface area contributed by atoms with Gasteiger partial charge in [-0.05, 0) is 37.5 Å². The van der Waals surface area contributed by atoms with Crippen LogP contribution in [0, 0.1) is 0 Å². The molecule has 0 bridgehead atoms. The number of ether oxygens (including phenoxy) is 2. The highest BCUT2D eigenvalue weighted by atomic mass is 16.5. The molecule has 0 radical (unpaired) electrons. The number of carbonyl (C=O) groups excluding carboxylic acids is 1. The van der Waals surface area contributed by atoms with Crippen LogP contribution in [0.4, 0.5) is 4.79 Å². The maximum Gasteiger partial charge on any atom is 0.333 e. The van der Waals surface area contributed by atoms with Crippen LogP contribution in [-0.4, -0.2) is 61.0 Å². The number of amides is 2. The summed E-state index contributed by atoms with van der Waals surface area (Å²) < 4.78 is 11.1. The highest BCUT2D eigenvalue weighted by Crippen LogP contribution is 2.15. The second-order valence-corrected chi connectivity index (χ2v) is 7.61. The van der Waals surface area contributed by atoms with E-state index in [-0.39, 0.29) is 6.03 Å². The zero-order valence-corrected chi connectivity index (χ0v) is 19.4. The number of rotatable bonds is 17. The summed E-state index contributed by atoms with van der Waals surface area (Å²) in [6.45, 7) is 8.71. The average Bonchev–Trinajstić information content (AvgIpc) is 2.76. The van der Waals surface area contributed by atoms with Gasteiger partial charge in [0.1, 0.15) is 12.4 Å².